The molecule has 106 valence electrons. The van der Waals surface area contributed by atoms with E-state index in [1.165, 1.54) is 0 Å². The van der Waals surface area contributed by atoms with Crippen molar-refractivity contribution in [2.75, 3.05) is 6.61 Å². The van der Waals surface area contributed by atoms with Gasteiger partial charge in [-0.1, -0.05) is 32.1 Å². The van der Waals surface area contributed by atoms with Crippen LogP contribution in [0.4, 0.5) is 0 Å². The van der Waals surface area contributed by atoms with E-state index in [2.05, 4.69) is 30.7 Å². The van der Waals surface area contributed by atoms with Gasteiger partial charge in [0.2, 0.25) is 0 Å². The summed E-state index contributed by atoms with van der Waals surface area (Å²) in [6.07, 6.45) is 2.71. The van der Waals surface area contributed by atoms with Crippen molar-refractivity contribution in [2.24, 2.45) is 0 Å². The molecule has 3 nitrogen and oxygen atoms in total. The maximum absolute atomic E-state index is 5.87. The normalized spacial score (nSPS) is 10.9. The van der Waals surface area contributed by atoms with Crippen molar-refractivity contribution in [2.45, 2.75) is 32.9 Å². The standard InChI is InChI=1S/C17H22N2O/c1-4-5-10-20-17-11-14(12-18-13(2)3)19-16-9-7-6-8-15(16)17/h4,6-9,11,13,18H,1,5,10,12H2,2-3H3. The molecule has 1 N–H and O–H groups in total. The van der Waals surface area contributed by atoms with Crippen molar-refractivity contribution in [1.82, 2.24) is 10.3 Å². The first-order valence-corrected chi connectivity index (χ1v) is 7.06. The lowest BCUT2D eigenvalue weighted by atomic mass is 10.1. The smallest absolute Gasteiger partial charge is 0.130 e. The molecule has 0 aliphatic heterocycles. The first-order chi connectivity index (χ1) is 9.70. The first-order valence-electron chi connectivity index (χ1n) is 7.06. The molecule has 0 amide bonds. The van der Waals surface area contributed by atoms with E-state index in [9.17, 15) is 0 Å². The summed E-state index contributed by atoms with van der Waals surface area (Å²) < 4.78 is 5.87. The number of nitrogens with one attached hydrogen (secondary N) is 1. The van der Waals surface area contributed by atoms with Crippen LogP contribution in [0.15, 0.2) is 43.0 Å². The highest BCUT2D eigenvalue weighted by Crippen LogP contribution is 2.25. The number of hydrogen-bond acceptors (Lipinski definition) is 3. The average molecular weight is 270 g/mol. The Balaban J connectivity index is 2.28. The van der Waals surface area contributed by atoms with Gasteiger partial charge in [-0.2, -0.15) is 0 Å². The molecular formula is C17H22N2O. The average Bonchev–Trinajstić information content (AvgIpc) is 2.45. The molecule has 2 rings (SSSR count). The van der Waals surface area contributed by atoms with E-state index < -0.39 is 0 Å². The highest BCUT2D eigenvalue weighted by Gasteiger charge is 2.07. The first kappa shape index (κ1) is 14.5. The van der Waals surface area contributed by atoms with Gasteiger partial charge in [-0.25, -0.2) is 0 Å². The largest absolute Gasteiger partial charge is 0.492 e. The fourth-order valence-electron chi connectivity index (χ4n) is 1.97. The predicted molar refractivity (Wildman–Crippen MR) is 84.0 cm³/mol. The van der Waals surface area contributed by atoms with Crippen molar-refractivity contribution in [1.29, 1.82) is 0 Å². The van der Waals surface area contributed by atoms with Crippen LogP contribution in [0.25, 0.3) is 10.9 Å². The molecule has 0 fully saturated rings. The van der Waals surface area contributed by atoms with Crippen molar-refractivity contribution >= 4 is 10.9 Å². The maximum Gasteiger partial charge on any atom is 0.130 e. The Kier molecular flexibility index (Phi) is 5.13. The fraction of sp³-hybridized carbons (Fsp3) is 0.353. The highest BCUT2D eigenvalue weighted by molar-refractivity contribution is 5.85. The minimum atomic E-state index is 0.438. The molecule has 1 aromatic heterocycles. The maximum atomic E-state index is 5.87. The molecule has 0 saturated heterocycles. The number of aromatic nitrogens is 1. The fourth-order valence-corrected chi connectivity index (χ4v) is 1.97. The van der Waals surface area contributed by atoms with Crippen molar-refractivity contribution in [3.8, 4) is 5.75 Å². The molecule has 20 heavy (non-hydrogen) atoms. The molecule has 1 aromatic carbocycles. The van der Waals surface area contributed by atoms with Gasteiger partial charge in [0.05, 0.1) is 17.8 Å². The molecule has 0 aliphatic carbocycles. The second-order valence-electron chi connectivity index (χ2n) is 5.09. The predicted octanol–water partition coefficient (Wildman–Crippen LogP) is 3.69. The summed E-state index contributed by atoms with van der Waals surface area (Å²) in [5, 5.41) is 4.45. The van der Waals surface area contributed by atoms with Crippen molar-refractivity contribution in [3.63, 3.8) is 0 Å². The van der Waals surface area contributed by atoms with E-state index >= 15 is 0 Å². The second kappa shape index (κ2) is 7.06. The zero-order chi connectivity index (χ0) is 14.4. The van der Waals surface area contributed by atoms with E-state index in [-0.39, 0.29) is 0 Å². The van der Waals surface area contributed by atoms with E-state index in [1.807, 2.05) is 36.4 Å². The summed E-state index contributed by atoms with van der Waals surface area (Å²) in [7, 11) is 0. The quantitative estimate of drug-likeness (QED) is 0.615. The number of rotatable bonds is 7. The molecule has 0 saturated carbocycles. The van der Waals surface area contributed by atoms with Gasteiger partial charge >= 0.3 is 0 Å². The molecule has 3 heteroatoms. The van der Waals surface area contributed by atoms with Gasteiger partial charge in [-0.3, -0.25) is 4.98 Å². The van der Waals surface area contributed by atoms with E-state index in [1.54, 1.807) is 0 Å². The highest BCUT2D eigenvalue weighted by atomic mass is 16.5. The van der Waals surface area contributed by atoms with Crippen LogP contribution in [-0.2, 0) is 6.54 Å². The number of ether oxygens (including phenoxy) is 1. The van der Waals surface area contributed by atoms with Crippen LogP contribution in [0.2, 0.25) is 0 Å². The third-order valence-corrected chi connectivity index (χ3v) is 3.00. The Morgan fingerprint density at radius 2 is 2.15 bits per heavy atom. The molecule has 0 aliphatic rings. The van der Waals surface area contributed by atoms with Crippen LogP contribution < -0.4 is 10.1 Å². The van der Waals surface area contributed by atoms with Gasteiger partial charge in [-0.15, -0.1) is 6.58 Å². The SMILES string of the molecule is C=CCCOc1cc(CNC(C)C)nc2ccccc12. The summed E-state index contributed by atoms with van der Waals surface area (Å²) >= 11 is 0. The van der Waals surface area contributed by atoms with Gasteiger partial charge < -0.3 is 10.1 Å². The minimum Gasteiger partial charge on any atom is -0.492 e. The van der Waals surface area contributed by atoms with Crippen molar-refractivity contribution in [3.05, 3.63) is 48.7 Å². The van der Waals surface area contributed by atoms with Gasteiger partial charge in [0.25, 0.3) is 0 Å². The molecule has 0 atom stereocenters. The summed E-state index contributed by atoms with van der Waals surface area (Å²) in [6, 6.07) is 10.5. The Morgan fingerprint density at radius 3 is 2.90 bits per heavy atom. The third kappa shape index (κ3) is 3.81. The molecule has 0 spiro atoms. The van der Waals surface area contributed by atoms with Crippen molar-refractivity contribution < 1.29 is 4.74 Å². The number of fused-ring (bicyclic) bond motifs is 1. The topological polar surface area (TPSA) is 34.1 Å². The lowest BCUT2D eigenvalue weighted by Gasteiger charge is -2.12. The van der Waals surface area contributed by atoms with Crippen LogP contribution in [0.5, 0.6) is 5.75 Å². The number of para-hydroxylation sites is 1. The van der Waals surface area contributed by atoms with Crippen LogP contribution in [-0.4, -0.2) is 17.6 Å². The molecule has 0 bridgehead atoms. The van der Waals surface area contributed by atoms with Gasteiger partial charge in [-0.05, 0) is 18.6 Å². The Labute approximate surface area is 120 Å². The van der Waals surface area contributed by atoms with E-state index in [4.69, 9.17) is 4.74 Å². The van der Waals surface area contributed by atoms with Crippen LogP contribution in [0.3, 0.4) is 0 Å². The number of nitrogens with zero attached hydrogens (tertiary/aromatic N) is 1. The lowest BCUT2D eigenvalue weighted by Crippen LogP contribution is -2.22. The number of pyridine rings is 1. The van der Waals surface area contributed by atoms with E-state index in [0.717, 1.165) is 35.3 Å². The van der Waals surface area contributed by atoms with Crippen LogP contribution >= 0.6 is 0 Å². The summed E-state index contributed by atoms with van der Waals surface area (Å²) in [5.74, 6) is 0.901. The van der Waals surface area contributed by atoms with Crippen LogP contribution in [0.1, 0.15) is 26.0 Å². The molecule has 1 heterocycles. The van der Waals surface area contributed by atoms with Gasteiger partial charge in [0.15, 0.2) is 0 Å². The Hall–Kier alpha value is -1.87. The number of hydrogen-bond donors (Lipinski definition) is 1. The molecule has 2 aromatic rings. The summed E-state index contributed by atoms with van der Waals surface area (Å²) in [5.41, 5.74) is 1.98. The Bertz CT molecular complexity index is 578. The molecular weight excluding hydrogens is 248 g/mol. The zero-order valence-corrected chi connectivity index (χ0v) is 12.2. The van der Waals surface area contributed by atoms with Gasteiger partial charge in [0, 0.05) is 24.0 Å². The second-order valence-corrected chi connectivity index (χ2v) is 5.09. The minimum absolute atomic E-state index is 0.438. The molecule has 0 radical (unpaired) electrons. The lowest BCUT2D eigenvalue weighted by molar-refractivity contribution is 0.328. The monoisotopic (exact) mass is 270 g/mol. The van der Waals surface area contributed by atoms with E-state index in [0.29, 0.717) is 12.6 Å². The zero-order valence-electron chi connectivity index (χ0n) is 12.2. The Morgan fingerprint density at radius 1 is 1.35 bits per heavy atom. The molecule has 0 unspecified atom stereocenters. The third-order valence-electron chi connectivity index (χ3n) is 3.00. The number of benzene rings is 1. The van der Waals surface area contributed by atoms with Gasteiger partial charge in [0.1, 0.15) is 5.75 Å². The summed E-state index contributed by atoms with van der Waals surface area (Å²) in [4.78, 5) is 4.67. The van der Waals surface area contributed by atoms with Crippen LogP contribution in [0, 0.1) is 0 Å². The summed E-state index contributed by atoms with van der Waals surface area (Å²) in [6.45, 7) is 9.37.